The molecule has 1 aliphatic rings. The van der Waals surface area contributed by atoms with Crippen molar-refractivity contribution in [1.82, 2.24) is 9.80 Å². The molecule has 0 bridgehead atoms. The van der Waals surface area contributed by atoms with Gasteiger partial charge in [0.2, 0.25) is 0 Å². The molecule has 0 atom stereocenters. The lowest BCUT2D eigenvalue weighted by atomic mass is 10.1. The fraction of sp³-hybridized carbons (Fsp3) is 0.211. The number of piperazine rings is 1. The Morgan fingerprint density at radius 3 is 2.19 bits per heavy atom. The molecule has 0 aliphatic carbocycles. The minimum Gasteiger partial charge on any atom is -0.335 e. The molecule has 0 radical (unpaired) electrons. The number of hydrogen-bond acceptors (Lipinski definition) is 3. The lowest BCUT2D eigenvalue weighted by Crippen LogP contribution is -2.50. The summed E-state index contributed by atoms with van der Waals surface area (Å²) in [6, 6.07) is 11.2. The highest BCUT2D eigenvalue weighted by Gasteiger charge is 2.27. The van der Waals surface area contributed by atoms with Gasteiger partial charge in [-0.3, -0.25) is 9.59 Å². The van der Waals surface area contributed by atoms with Gasteiger partial charge in [0, 0.05) is 37.8 Å². The van der Waals surface area contributed by atoms with E-state index in [-0.39, 0.29) is 24.6 Å². The molecule has 2 aromatic rings. The quantitative estimate of drug-likeness (QED) is 0.831. The summed E-state index contributed by atoms with van der Waals surface area (Å²) in [6.07, 6.45) is 0. The zero-order valence-electron chi connectivity index (χ0n) is 13.8. The Hall–Kier alpha value is -3.27. The normalized spacial score (nSPS) is 14.0. The molecule has 0 unspecified atom stereocenters. The first-order valence-electron chi connectivity index (χ1n) is 8.03. The number of halogens is 2. The summed E-state index contributed by atoms with van der Waals surface area (Å²) in [5.41, 5.74) is 0.623. The fourth-order valence-electron chi connectivity index (χ4n) is 2.85. The number of nitrogens with zero attached hydrogens (tertiary/aromatic N) is 3. The van der Waals surface area contributed by atoms with Crippen molar-refractivity contribution in [2.75, 3.05) is 26.2 Å². The summed E-state index contributed by atoms with van der Waals surface area (Å²) in [4.78, 5) is 27.9. The lowest BCUT2D eigenvalue weighted by Gasteiger charge is -2.35. The number of carbonyl (C=O) groups excluding carboxylic acids is 2. The standard InChI is InChI=1S/C19H15F2N3O2/c20-15-4-5-16(17(21)11-15)19(26)24-8-6-23(7-9-24)18(25)14-3-1-2-13(10-14)12-22/h1-5,10-11H,6-9H2. The van der Waals surface area contributed by atoms with Crippen LogP contribution in [0, 0.1) is 23.0 Å². The second-order valence-electron chi connectivity index (χ2n) is 5.90. The SMILES string of the molecule is N#Cc1cccc(C(=O)N2CCN(C(=O)c3ccc(F)cc3F)CC2)c1. The molecule has 132 valence electrons. The number of nitriles is 1. The molecular formula is C19H15F2N3O2. The maximum Gasteiger partial charge on any atom is 0.256 e. The molecule has 0 N–H and O–H groups in total. The number of rotatable bonds is 2. The average Bonchev–Trinajstić information content (AvgIpc) is 2.67. The molecule has 1 fully saturated rings. The van der Waals surface area contributed by atoms with Gasteiger partial charge in [0.05, 0.1) is 17.2 Å². The van der Waals surface area contributed by atoms with Crippen molar-refractivity contribution in [2.24, 2.45) is 0 Å². The van der Waals surface area contributed by atoms with E-state index in [0.717, 1.165) is 12.1 Å². The monoisotopic (exact) mass is 355 g/mol. The summed E-state index contributed by atoms with van der Waals surface area (Å²) in [5, 5.41) is 8.92. The molecule has 0 aromatic heterocycles. The molecule has 2 aromatic carbocycles. The van der Waals surface area contributed by atoms with Crippen molar-refractivity contribution in [3.8, 4) is 6.07 Å². The van der Waals surface area contributed by atoms with Gasteiger partial charge in [-0.05, 0) is 30.3 Å². The van der Waals surface area contributed by atoms with Gasteiger partial charge in [-0.2, -0.15) is 5.26 Å². The highest BCUT2D eigenvalue weighted by atomic mass is 19.1. The number of carbonyl (C=O) groups is 2. The Kier molecular flexibility index (Phi) is 4.94. The van der Waals surface area contributed by atoms with Crippen LogP contribution < -0.4 is 0 Å². The number of hydrogen-bond donors (Lipinski definition) is 0. The first-order valence-corrected chi connectivity index (χ1v) is 8.03. The minimum absolute atomic E-state index is 0.187. The highest BCUT2D eigenvalue weighted by Crippen LogP contribution is 2.15. The molecule has 1 aliphatic heterocycles. The van der Waals surface area contributed by atoms with E-state index in [1.54, 1.807) is 23.1 Å². The van der Waals surface area contributed by atoms with Crippen molar-refractivity contribution in [3.05, 3.63) is 70.8 Å². The second kappa shape index (κ2) is 7.31. The summed E-state index contributed by atoms with van der Waals surface area (Å²) in [6.45, 7) is 1.09. The molecule has 0 saturated carbocycles. The second-order valence-corrected chi connectivity index (χ2v) is 5.90. The van der Waals surface area contributed by atoms with E-state index in [2.05, 4.69) is 0 Å². The molecule has 1 heterocycles. The van der Waals surface area contributed by atoms with Crippen LogP contribution in [0.4, 0.5) is 8.78 Å². The average molecular weight is 355 g/mol. The van der Waals surface area contributed by atoms with E-state index in [1.165, 1.54) is 11.0 Å². The van der Waals surface area contributed by atoms with Crippen LogP contribution in [0.15, 0.2) is 42.5 Å². The molecule has 26 heavy (non-hydrogen) atoms. The van der Waals surface area contributed by atoms with E-state index >= 15 is 0 Å². The van der Waals surface area contributed by atoms with Crippen LogP contribution in [-0.4, -0.2) is 47.8 Å². The maximum absolute atomic E-state index is 13.8. The smallest absolute Gasteiger partial charge is 0.256 e. The predicted octanol–water partition coefficient (Wildman–Crippen LogP) is 2.43. The van der Waals surface area contributed by atoms with Crippen molar-refractivity contribution in [3.63, 3.8) is 0 Å². The lowest BCUT2D eigenvalue weighted by molar-refractivity contribution is 0.0532. The molecule has 2 amide bonds. The molecule has 0 spiro atoms. The van der Waals surface area contributed by atoms with E-state index in [4.69, 9.17) is 5.26 Å². The zero-order chi connectivity index (χ0) is 18.7. The van der Waals surface area contributed by atoms with Crippen molar-refractivity contribution >= 4 is 11.8 Å². The van der Waals surface area contributed by atoms with Gasteiger partial charge in [-0.1, -0.05) is 6.07 Å². The van der Waals surface area contributed by atoms with Crippen molar-refractivity contribution in [1.29, 1.82) is 5.26 Å². The molecule has 1 saturated heterocycles. The van der Waals surface area contributed by atoms with Gasteiger partial charge in [0.15, 0.2) is 0 Å². The Balaban J connectivity index is 1.66. The predicted molar refractivity (Wildman–Crippen MR) is 89.3 cm³/mol. The van der Waals surface area contributed by atoms with Crippen LogP contribution in [-0.2, 0) is 0 Å². The van der Waals surface area contributed by atoms with Crippen LogP contribution in [0.3, 0.4) is 0 Å². The number of benzene rings is 2. The van der Waals surface area contributed by atoms with E-state index in [1.807, 2.05) is 6.07 Å². The van der Waals surface area contributed by atoms with Gasteiger partial charge >= 0.3 is 0 Å². The fourth-order valence-corrected chi connectivity index (χ4v) is 2.85. The van der Waals surface area contributed by atoms with Gasteiger partial charge in [0.1, 0.15) is 11.6 Å². The van der Waals surface area contributed by atoms with Crippen molar-refractivity contribution in [2.45, 2.75) is 0 Å². The first kappa shape index (κ1) is 17.5. The molecule has 3 rings (SSSR count). The van der Waals surface area contributed by atoms with E-state index in [9.17, 15) is 18.4 Å². The summed E-state index contributed by atoms with van der Waals surface area (Å²) in [7, 11) is 0. The van der Waals surface area contributed by atoms with Gasteiger partial charge in [-0.25, -0.2) is 8.78 Å². The van der Waals surface area contributed by atoms with Crippen LogP contribution in [0.25, 0.3) is 0 Å². The highest BCUT2D eigenvalue weighted by molar-refractivity contribution is 5.96. The summed E-state index contributed by atoms with van der Waals surface area (Å²) >= 11 is 0. The van der Waals surface area contributed by atoms with Crippen LogP contribution in [0.5, 0.6) is 0 Å². The van der Waals surface area contributed by atoms with Gasteiger partial charge in [0.25, 0.3) is 11.8 Å². The third-order valence-electron chi connectivity index (χ3n) is 4.25. The van der Waals surface area contributed by atoms with E-state index < -0.39 is 17.5 Å². The van der Waals surface area contributed by atoms with Crippen LogP contribution in [0.1, 0.15) is 26.3 Å². The summed E-state index contributed by atoms with van der Waals surface area (Å²) < 4.78 is 26.8. The van der Waals surface area contributed by atoms with E-state index in [0.29, 0.717) is 30.3 Å². The van der Waals surface area contributed by atoms with Crippen LogP contribution >= 0.6 is 0 Å². The molecule has 5 nitrogen and oxygen atoms in total. The summed E-state index contributed by atoms with van der Waals surface area (Å²) in [5.74, 6) is -2.39. The molecule has 7 heteroatoms. The third kappa shape index (κ3) is 3.54. The Labute approximate surface area is 149 Å². The first-order chi connectivity index (χ1) is 12.5. The van der Waals surface area contributed by atoms with Crippen LogP contribution in [0.2, 0.25) is 0 Å². The number of amides is 2. The largest absolute Gasteiger partial charge is 0.335 e. The Morgan fingerprint density at radius 2 is 1.58 bits per heavy atom. The minimum atomic E-state index is -0.901. The zero-order valence-corrected chi connectivity index (χ0v) is 13.8. The van der Waals surface area contributed by atoms with Gasteiger partial charge < -0.3 is 9.80 Å². The third-order valence-corrected chi connectivity index (χ3v) is 4.25. The Bertz CT molecular complexity index is 900. The maximum atomic E-state index is 13.8. The van der Waals surface area contributed by atoms with Gasteiger partial charge in [-0.15, -0.1) is 0 Å². The van der Waals surface area contributed by atoms with Crippen molar-refractivity contribution < 1.29 is 18.4 Å². The Morgan fingerprint density at radius 1 is 0.923 bits per heavy atom. The topological polar surface area (TPSA) is 64.4 Å². The molecular weight excluding hydrogens is 340 g/mol.